The fourth-order valence-electron chi connectivity index (χ4n) is 2.07. The number of para-hydroxylation sites is 1. The number of benzene rings is 2. The Morgan fingerprint density at radius 1 is 1.13 bits per heavy atom. The zero-order valence-corrected chi connectivity index (χ0v) is 14.7. The van der Waals surface area contributed by atoms with Gasteiger partial charge in [-0.05, 0) is 44.5 Å². The van der Waals surface area contributed by atoms with Crippen molar-refractivity contribution in [3.05, 3.63) is 59.7 Å². The van der Waals surface area contributed by atoms with Crippen molar-refractivity contribution in [1.82, 2.24) is 5.32 Å². The van der Waals surface area contributed by atoms with Crippen LogP contribution >= 0.6 is 11.8 Å². The van der Waals surface area contributed by atoms with E-state index in [-0.39, 0.29) is 11.2 Å². The van der Waals surface area contributed by atoms with Gasteiger partial charge >= 0.3 is 0 Å². The van der Waals surface area contributed by atoms with E-state index in [9.17, 15) is 4.79 Å². The van der Waals surface area contributed by atoms with Crippen LogP contribution in [-0.2, 0) is 4.79 Å². The Labute approximate surface area is 142 Å². The quantitative estimate of drug-likeness (QED) is 0.617. The maximum atomic E-state index is 12.1. The first kappa shape index (κ1) is 17.4. The van der Waals surface area contributed by atoms with Crippen LogP contribution in [-0.4, -0.2) is 24.3 Å². The minimum absolute atomic E-state index is 0.0314. The van der Waals surface area contributed by atoms with Crippen LogP contribution in [0.2, 0.25) is 0 Å². The van der Waals surface area contributed by atoms with Gasteiger partial charge in [0.15, 0.2) is 0 Å². The highest BCUT2D eigenvalue weighted by Gasteiger charge is 2.13. The van der Waals surface area contributed by atoms with Gasteiger partial charge < -0.3 is 10.1 Å². The van der Waals surface area contributed by atoms with Crippen LogP contribution < -0.4 is 10.1 Å². The Hall–Kier alpha value is -1.94. The normalized spacial score (nSPS) is 11.8. The Kier molecular flexibility index (Phi) is 6.53. The van der Waals surface area contributed by atoms with E-state index in [1.165, 1.54) is 5.56 Å². The van der Waals surface area contributed by atoms with E-state index in [0.29, 0.717) is 13.2 Å². The molecule has 4 heteroatoms. The van der Waals surface area contributed by atoms with Crippen molar-refractivity contribution in [2.45, 2.75) is 30.9 Å². The minimum atomic E-state index is -0.129. The summed E-state index contributed by atoms with van der Waals surface area (Å²) in [5.41, 5.74) is 2.32. The number of hydrogen-bond donors (Lipinski definition) is 1. The van der Waals surface area contributed by atoms with Crippen LogP contribution in [0.5, 0.6) is 5.75 Å². The van der Waals surface area contributed by atoms with E-state index in [4.69, 9.17) is 4.74 Å². The first-order valence-electron chi connectivity index (χ1n) is 7.76. The van der Waals surface area contributed by atoms with Gasteiger partial charge in [-0.3, -0.25) is 4.79 Å². The van der Waals surface area contributed by atoms with Crippen LogP contribution in [0.15, 0.2) is 53.4 Å². The van der Waals surface area contributed by atoms with Gasteiger partial charge in [0.05, 0.1) is 11.8 Å². The lowest BCUT2D eigenvalue weighted by Gasteiger charge is -2.13. The highest BCUT2D eigenvalue weighted by Crippen LogP contribution is 2.23. The number of ether oxygens (including phenoxy) is 1. The van der Waals surface area contributed by atoms with E-state index in [0.717, 1.165) is 16.2 Å². The monoisotopic (exact) mass is 329 g/mol. The number of carbonyl (C=O) groups excluding carboxylic acids is 1. The molecule has 0 aliphatic carbocycles. The smallest absolute Gasteiger partial charge is 0.233 e. The molecule has 2 aromatic rings. The van der Waals surface area contributed by atoms with E-state index in [1.54, 1.807) is 11.8 Å². The molecule has 2 aromatic carbocycles. The predicted molar refractivity (Wildman–Crippen MR) is 96.2 cm³/mol. The summed E-state index contributed by atoms with van der Waals surface area (Å²) in [7, 11) is 0. The molecule has 23 heavy (non-hydrogen) atoms. The Bertz CT molecular complexity index is 640. The summed E-state index contributed by atoms with van der Waals surface area (Å²) in [6.07, 6.45) is 0. The number of thioether (sulfide) groups is 1. The van der Waals surface area contributed by atoms with E-state index in [1.807, 2.05) is 50.2 Å². The molecule has 0 saturated heterocycles. The zero-order valence-electron chi connectivity index (χ0n) is 13.8. The molecule has 1 N–H and O–H groups in total. The molecular formula is C19H23NO2S. The molecule has 1 amide bonds. The van der Waals surface area contributed by atoms with Gasteiger partial charge in [-0.15, -0.1) is 11.8 Å². The van der Waals surface area contributed by atoms with Gasteiger partial charge in [-0.2, -0.15) is 0 Å². The molecule has 0 spiro atoms. The summed E-state index contributed by atoms with van der Waals surface area (Å²) < 4.78 is 5.68. The van der Waals surface area contributed by atoms with Crippen molar-refractivity contribution in [3.8, 4) is 5.75 Å². The topological polar surface area (TPSA) is 38.3 Å². The lowest BCUT2D eigenvalue weighted by atomic mass is 10.2. The van der Waals surface area contributed by atoms with Crippen molar-refractivity contribution in [2.75, 3.05) is 13.2 Å². The molecule has 0 aliphatic rings. The highest BCUT2D eigenvalue weighted by molar-refractivity contribution is 8.00. The molecule has 3 nitrogen and oxygen atoms in total. The molecule has 0 unspecified atom stereocenters. The van der Waals surface area contributed by atoms with Crippen molar-refractivity contribution >= 4 is 17.7 Å². The third-order valence-corrected chi connectivity index (χ3v) is 4.57. The average Bonchev–Trinajstić information content (AvgIpc) is 2.55. The lowest BCUT2D eigenvalue weighted by Crippen LogP contribution is -2.34. The summed E-state index contributed by atoms with van der Waals surface area (Å²) in [5.74, 6) is 0.896. The second kappa shape index (κ2) is 8.63. The molecule has 0 radical (unpaired) electrons. The molecule has 0 aliphatic heterocycles. The number of rotatable bonds is 7. The maximum absolute atomic E-state index is 12.1. The third-order valence-electron chi connectivity index (χ3n) is 3.46. The summed E-state index contributed by atoms with van der Waals surface area (Å²) in [6.45, 7) is 6.96. The van der Waals surface area contributed by atoms with Crippen LogP contribution in [0.3, 0.4) is 0 Å². The van der Waals surface area contributed by atoms with Gasteiger partial charge in [0.1, 0.15) is 12.4 Å². The van der Waals surface area contributed by atoms with Gasteiger partial charge in [-0.1, -0.05) is 35.9 Å². The summed E-state index contributed by atoms with van der Waals surface area (Å²) in [5, 5.41) is 2.79. The SMILES string of the molecule is Cc1ccc(S[C@H](C)C(=O)NCCOc2ccccc2C)cc1. The fraction of sp³-hybridized carbons (Fsp3) is 0.316. The number of aryl methyl sites for hydroxylation is 2. The molecule has 0 aromatic heterocycles. The second-order valence-corrected chi connectivity index (χ2v) is 6.89. The second-order valence-electron chi connectivity index (χ2n) is 5.48. The van der Waals surface area contributed by atoms with E-state index < -0.39 is 0 Å². The zero-order chi connectivity index (χ0) is 16.7. The Balaban J connectivity index is 1.72. The predicted octanol–water partition coefficient (Wildman–Crippen LogP) is 3.98. The van der Waals surface area contributed by atoms with Crippen molar-refractivity contribution in [2.24, 2.45) is 0 Å². The fourth-order valence-corrected chi connectivity index (χ4v) is 2.96. The van der Waals surface area contributed by atoms with E-state index in [2.05, 4.69) is 24.4 Å². The van der Waals surface area contributed by atoms with Crippen molar-refractivity contribution < 1.29 is 9.53 Å². The van der Waals surface area contributed by atoms with Gasteiger partial charge in [0.25, 0.3) is 0 Å². The Morgan fingerprint density at radius 3 is 2.52 bits per heavy atom. The van der Waals surface area contributed by atoms with Crippen LogP contribution in [0.25, 0.3) is 0 Å². The first-order chi connectivity index (χ1) is 11.1. The highest BCUT2D eigenvalue weighted by atomic mass is 32.2. The standard InChI is InChI=1S/C19H23NO2S/c1-14-8-10-17(11-9-14)23-16(3)19(21)20-12-13-22-18-7-5-4-6-15(18)2/h4-11,16H,12-13H2,1-3H3,(H,20,21)/t16-/m1/s1. The van der Waals surface area contributed by atoms with Gasteiger partial charge in [0, 0.05) is 4.90 Å². The minimum Gasteiger partial charge on any atom is -0.491 e. The van der Waals surface area contributed by atoms with Crippen LogP contribution in [0.4, 0.5) is 0 Å². The number of amides is 1. The summed E-state index contributed by atoms with van der Waals surface area (Å²) in [4.78, 5) is 13.2. The largest absolute Gasteiger partial charge is 0.491 e. The van der Waals surface area contributed by atoms with Crippen molar-refractivity contribution in [3.63, 3.8) is 0 Å². The Morgan fingerprint density at radius 2 is 1.83 bits per heavy atom. The van der Waals surface area contributed by atoms with Crippen molar-refractivity contribution in [1.29, 1.82) is 0 Å². The molecule has 122 valence electrons. The summed E-state index contributed by atoms with van der Waals surface area (Å²) in [6, 6.07) is 16.1. The third kappa shape index (κ3) is 5.64. The molecule has 0 fully saturated rings. The van der Waals surface area contributed by atoms with Crippen LogP contribution in [0.1, 0.15) is 18.1 Å². The molecule has 0 heterocycles. The van der Waals surface area contributed by atoms with Crippen LogP contribution in [0, 0.1) is 13.8 Å². The first-order valence-corrected chi connectivity index (χ1v) is 8.63. The molecule has 0 bridgehead atoms. The molecule has 0 saturated carbocycles. The number of carbonyl (C=O) groups is 1. The maximum Gasteiger partial charge on any atom is 0.233 e. The van der Waals surface area contributed by atoms with Gasteiger partial charge in [0.2, 0.25) is 5.91 Å². The average molecular weight is 329 g/mol. The molecular weight excluding hydrogens is 306 g/mol. The summed E-state index contributed by atoms with van der Waals surface area (Å²) >= 11 is 1.56. The number of hydrogen-bond acceptors (Lipinski definition) is 3. The molecule has 1 atom stereocenters. The number of nitrogens with one attached hydrogen (secondary N) is 1. The lowest BCUT2D eigenvalue weighted by molar-refractivity contribution is -0.120. The van der Waals surface area contributed by atoms with E-state index >= 15 is 0 Å². The van der Waals surface area contributed by atoms with Gasteiger partial charge in [-0.25, -0.2) is 0 Å². The molecule has 2 rings (SSSR count).